The van der Waals surface area contributed by atoms with E-state index in [-0.39, 0.29) is 11.7 Å². The van der Waals surface area contributed by atoms with E-state index in [1.165, 1.54) is 6.07 Å². The van der Waals surface area contributed by atoms with Gasteiger partial charge in [-0.3, -0.25) is 10.1 Å². The summed E-state index contributed by atoms with van der Waals surface area (Å²) in [5, 5.41) is 6.17. The van der Waals surface area contributed by atoms with Gasteiger partial charge >= 0.3 is 6.03 Å². The molecule has 0 atom stereocenters. The van der Waals surface area contributed by atoms with Crippen LogP contribution in [0.25, 0.3) is 0 Å². The van der Waals surface area contributed by atoms with E-state index < -0.39 is 6.03 Å². The lowest BCUT2D eigenvalue weighted by molar-refractivity contribution is 0.0750. The Bertz CT molecular complexity index is 1150. The van der Waals surface area contributed by atoms with E-state index in [9.17, 15) is 14.0 Å². The van der Waals surface area contributed by atoms with Crippen molar-refractivity contribution in [3.8, 4) is 0 Å². The first-order valence-corrected chi connectivity index (χ1v) is 11.2. The van der Waals surface area contributed by atoms with Crippen LogP contribution in [0.3, 0.4) is 0 Å². The topological polar surface area (TPSA) is 77.6 Å². The summed E-state index contributed by atoms with van der Waals surface area (Å²) in [6, 6.07) is 12.9. The number of rotatable bonds is 4. The Hall–Kier alpha value is -3.17. The van der Waals surface area contributed by atoms with E-state index >= 15 is 0 Å². The zero-order valence-corrected chi connectivity index (χ0v) is 18.8. The average molecular weight is 474 g/mol. The summed E-state index contributed by atoms with van der Waals surface area (Å²) in [6.45, 7) is 3.76. The molecule has 1 saturated heterocycles. The number of halogens is 2. The predicted molar refractivity (Wildman–Crippen MR) is 125 cm³/mol. The van der Waals surface area contributed by atoms with Gasteiger partial charge in [-0.1, -0.05) is 41.1 Å². The molecule has 2 aromatic carbocycles. The van der Waals surface area contributed by atoms with Gasteiger partial charge in [-0.15, -0.1) is 0 Å². The van der Waals surface area contributed by atoms with Crippen LogP contribution in [0, 0.1) is 12.7 Å². The fourth-order valence-corrected chi connectivity index (χ4v) is 4.60. The number of para-hydroxylation sites is 1. The van der Waals surface area contributed by atoms with Crippen molar-refractivity contribution < 1.29 is 14.0 Å². The molecule has 1 aliphatic heterocycles. The maximum Gasteiger partial charge on any atom is 0.325 e. The van der Waals surface area contributed by atoms with Crippen molar-refractivity contribution in [3.63, 3.8) is 0 Å². The van der Waals surface area contributed by atoms with Crippen LogP contribution in [0.4, 0.5) is 25.7 Å². The number of urea groups is 1. The second-order valence-corrected chi connectivity index (χ2v) is 8.69. The monoisotopic (exact) mass is 473 g/mol. The number of carbonyl (C=O) groups excluding carboxylic acids is 2. The average Bonchev–Trinajstić information content (AvgIpc) is 3.13. The summed E-state index contributed by atoms with van der Waals surface area (Å²) in [5.41, 5.74) is 1.65. The third-order valence-corrected chi connectivity index (χ3v) is 6.35. The standard InChI is InChI=1S/C22H21ClFN5O2S/c1-14-19(32-22(25-14)27-21(31)26-16-6-4-5-15(23)13-16)20(30)29-11-9-28(10-12-29)18-8-3-2-7-17(18)24/h2-8,13H,9-12H2,1H3,(H2,25,26,27,31). The Labute approximate surface area is 193 Å². The summed E-state index contributed by atoms with van der Waals surface area (Å²) in [5.74, 6) is -0.408. The van der Waals surface area contributed by atoms with Gasteiger partial charge < -0.3 is 15.1 Å². The van der Waals surface area contributed by atoms with Gasteiger partial charge in [0.2, 0.25) is 0 Å². The minimum Gasteiger partial charge on any atom is -0.366 e. The molecule has 166 valence electrons. The smallest absolute Gasteiger partial charge is 0.325 e. The van der Waals surface area contributed by atoms with Crippen molar-refractivity contribution in [1.82, 2.24) is 9.88 Å². The van der Waals surface area contributed by atoms with Crippen LogP contribution in [0.2, 0.25) is 5.02 Å². The second-order valence-electron chi connectivity index (χ2n) is 7.25. The summed E-state index contributed by atoms with van der Waals surface area (Å²) >= 11 is 7.06. The molecular formula is C22H21ClFN5O2S. The molecule has 1 aromatic heterocycles. The summed E-state index contributed by atoms with van der Waals surface area (Å²) in [6.07, 6.45) is 0. The zero-order valence-electron chi connectivity index (χ0n) is 17.3. The summed E-state index contributed by atoms with van der Waals surface area (Å²) < 4.78 is 14.0. The number of amides is 3. The number of benzene rings is 2. The fourth-order valence-electron chi connectivity index (χ4n) is 3.48. The highest BCUT2D eigenvalue weighted by Crippen LogP contribution is 2.26. The van der Waals surface area contributed by atoms with E-state index in [0.29, 0.717) is 58.3 Å². The van der Waals surface area contributed by atoms with E-state index in [4.69, 9.17) is 11.6 Å². The number of piperazine rings is 1. The number of aryl methyl sites for hydroxylation is 1. The van der Waals surface area contributed by atoms with Crippen LogP contribution < -0.4 is 15.5 Å². The Morgan fingerprint density at radius 1 is 1.06 bits per heavy atom. The van der Waals surface area contributed by atoms with Gasteiger partial charge in [-0.25, -0.2) is 14.2 Å². The van der Waals surface area contributed by atoms with Gasteiger partial charge in [0.15, 0.2) is 5.13 Å². The highest BCUT2D eigenvalue weighted by atomic mass is 35.5. The number of hydrogen-bond acceptors (Lipinski definition) is 5. The number of anilines is 3. The number of thiazole rings is 1. The normalized spacial score (nSPS) is 13.7. The van der Waals surface area contributed by atoms with Crippen molar-refractivity contribution in [2.45, 2.75) is 6.92 Å². The van der Waals surface area contributed by atoms with Crippen molar-refractivity contribution in [3.05, 3.63) is 69.9 Å². The lowest BCUT2D eigenvalue weighted by Crippen LogP contribution is -2.49. The molecular weight excluding hydrogens is 453 g/mol. The van der Waals surface area contributed by atoms with Crippen LogP contribution in [0.15, 0.2) is 48.5 Å². The van der Waals surface area contributed by atoms with E-state index in [2.05, 4.69) is 15.6 Å². The van der Waals surface area contributed by atoms with E-state index in [1.807, 2.05) is 4.90 Å². The first-order valence-electron chi connectivity index (χ1n) is 10.0. The van der Waals surface area contributed by atoms with Crippen LogP contribution in [0.1, 0.15) is 15.4 Å². The lowest BCUT2D eigenvalue weighted by atomic mass is 10.2. The van der Waals surface area contributed by atoms with Crippen molar-refractivity contribution in [2.75, 3.05) is 41.7 Å². The molecule has 0 unspecified atom stereocenters. The molecule has 4 rings (SSSR count). The molecule has 32 heavy (non-hydrogen) atoms. The zero-order chi connectivity index (χ0) is 22.7. The minimum absolute atomic E-state index is 0.142. The van der Waals surface area contributed by atoms with Crippen molar-refractivity contribution in [1.29, 1.82) is 0 Å². The molecule has 7 nitrogen and oxygen atoms in total. The Morgan fingerprint density at radius 2 is 1.81 bits per heavy atom. The molecule has 3 aromatic rings. The number of nitrogens with one attached hydrogen (secondary N) is 2. The number of hydrogen-bond donors (Lipinski definition) is 2. The number of aromatic nitrogens is 1. The molecule has 0 aliphatic carbocycles. The first-order chi connectivity index (χ1) is 15.4. The quantitative estimate of drug-likeness (QED) is 0.567. The van der Waals surface area contributed by atoms with Crippen LogP contribution in [-0.4, -0.2) is 48.0 Å². The molecule has 0 spiro atoms. The van der Waals surface area contributed by atoms with Gasteiger partial charge in [0, 0.05) is 36.9 Å². The van der Waals surface area contributed by atoms with Gasteiger partial charge in [0.05, 0.1) is 11.4 Å². The maximum absolute atomic E-state index is 14.0. The molecule has 0 saturated carbocycles. The molecule has 0 bridgehead atoms. The predicted octanol–water partition coefficient (Wildman–Crippen LogP) is 4.85. The SMILES string of the molecule is Cc1nc(NC(=O)Nc2cccc(Cl)c2)sc1C(=O)N1CCN(c2ccccc2F)CC1. The Morgan fingerprint density at radius 3 is 2.53 bits per heavy atom. The molecule has 2 N–H and O–H groups in total. The number of nitrogens with zero attached hydrogens (tertiary/aromatic N) is 3. The fraction of sp³-hybridized carbons (Fsp3) is 0.227. The highest BCUT2D eigenvalue weighted by molar-refractivity contribution is 7.17. The van der Waals surface area contributed by atoms with Crippen molar-refractivity contribution in [2.24, 2.45) is 0 Å². The third kappa shape index (κ3) is 5.00. The first kappa shape index (κ1) is 22.0. The molecule has 1 aliphatic rings. The second kappa shape index (κ2) is 9.54. The largest absolute Gasteiger partial charge is 0.366 e. The minimum atomic E-state index is -0.474. The lowest BCUT2D eigenvalue weighted by Gasteiger charge is -2.36. The van der Waals surface area contributed by atoms with Gasteiger partial charge in [0.1, 0.15) is 10.7 Å². The Kier molecular flexibility index (Phi) is 6.57. The highest BCUT2D eigenvalue weighted by Gasteiger charge is 2.26. The maximum atomic E-state index is 14.0. The van der Waals surface area contributed by atoms with Crippen molar-refractivity contribution >= 4 is 51.4 Å². The van der Waals surface area contributed by atoms with E-state index in [0.717, 1.165) is 11.3 Å². The van der Waals surface area contributed by atoms with E-state index in [1.54, 1.807) is 54.3 Å². The van der Waals surface area contributed by atoms with Crippen LogP contribution in [-0.2, 0) is 0 Å². The summed E-state index contributed by atoms with van der Waals surface area (Å²) in [4.78, 5) is 33.7. The Balaban J connectivity index is 1.37. The third-order valence-electron chi connectivity index (χ3n) is 5.05. The molecule has 2 heterocycles. The molecule has 1 fully saturated rings. The molecule has 10 heteroatoms. The number of carbonyl (C=O) groups is 2. The molecule has 3 amide bonds. The van der Waals surface area contributed by atoms with Gasteiger partial charge in [0.25, 0.3) is 5.91 Å². The van der Waals surface area contributed by atoms with Crippen LogP contribution in [0.5, 0.6) is 0 Å². The summed E-state index contributed by atoms with van der Waals surface area (Å²) in [7, 11) is 0. The molecule has 0 radical (unpaired) electrons. The van der Waals surface area contributed by atoms with Crippen LogP contribution >= 0.6 is 22.9 Å². The van der Waals surface area contributed by atoms with Gasteiger partial charge in [-0.2, -0.15) is 0 Å². The van der Waals surface area contributed by atoms with Gasteiger partial charge in [-0.05, 0) is 37.3 Å².